The van der Waals surface area contributed by atoms with Crippen LogP contribution in [0.1, 0.15) is 57.8 Å². The lowest BCUT2D eigenvalue weighted by Gasteiger charge is -2.38. The molecule has 1 N–H and O–H groups in total. The number of amides is 1. The molecule has 5 heteroatoms. The monoisotopic (exact) mass is 294 g/mol. The van der Waals surface area contributed by atoms with Gasteiger partial charge in [0, 0.05) is 19.0 Å². The van der Waals surface area contributed by atoms with Crippen LogP contribution in [0.25, 0.3) is 0 Å². The molecule has 0 aromatic rings. The predicted octanol–water partition coefficient (Wildman–Crippen LogP) is 1.61. The maximum Gasteiger partial charge on any atom is 0.306 e. The van der Waals surface area contributed by atoms with Crippen molar-refractivity contribution < 1.29 is 14.3 Å². The summed E-state index contributed by atoms with van der Waals surface area (Å²) < 4.78 is 5.54. The van der Waals surface area contributed by atoms with Crippen molar-refractivity contribution in [3.63, 3.8) is 0 Å². The van der Waals surface area contributed by atoms with Gasteiger partial charge in [-0.3, -0.25) is 14.5 Å². The van der Waals surface area contributed by atoms with E-state index in [1.807, 2.05) is 0 Å². The molecule has 3 fully saturated rings. The van der Waals surface area contributed by atoms with Crippen LogP contribution in [-0.2, 0) is 14.3 Å². The number of nitrogens with one attached hydrogen (secondary N) is 1. The molecule has 3 aliphatic rings. The number of likely N-dealkylation sites (tertiary alicyclic amines) is 1. The smallest absolute Gasteiger partial charge is 0.306 e. The molecule has 0 bridgehead atoms. The van der Waals surface area contributed by atoms with Crippen molar-refractivity contribution in [1.29, 1.82) is 0 Å². The van der Waals surface area contributed by atoms with Crippen molar-refractivity contribution in [3.05, 3.63) is 0 Å². The highest BCUT2D eigenvalue weighted by molar-refractivity contribution is 5.78. The van der Waals surface area contributed by atoms with E-state index in [1.165, 1.54) is 19.3 Å². The van der Waals surface area contributed by atoms with Crippen LogP contribution < -0.4 is 5.32 Å². The molecule has 2 saturated heterocycles. The van der Waals surface area contributed by atoms with Gasteiger partial charge in [0.2, 0.25) is 5.91 Å². The van der Waals surface area contributed by atoms with Crippen molar-refractivity contribution in [2.45, 2.75) is 69.4 Å². The number of nitrogens with zero attached hydrogens (tertiary/aromatic N) is 1. The van der Waals surface area contributed by atoms with E-state index >= 15 is 0 Å². The molecule has 118 valence electrons. The Bertz CT molecular complexity index is 406. The summed E-state index contributed by atoms with van der Waals surface area (Å²) in [6.45, 7) is 2.09. The van der Waals surface area contributed by atoms with E-state index in [0.717, 1.165) is 45.2 Å². The number of hydrogen-bond donors (Lipinski definition) is 1. The van der Waals surface area contributed by atoms with Gasteiger partial charge in [0.05, 0.1) is 6.54 Å². The molecule has 2 aliphatic heterocycles. The van der Waals surface area contributed by atoms with Gasteiger partial charge in [-0.15, -0.1) is 0 Å². The molecule has 0 aromatic carbocycles. The molecule has 0 radical (unpaired) electrons. The van der Waals surface area contributed by atoms with Gasteiger partial charge in [-0.25, -0.2) is 0 Å². The lowest BCUT2D eigenvalue weighted by Crippen LogP contribution is -2.51. The van der Waals surface area contributed by atoms with Crippen LogP contribution in [-0.4, -0.2) is 48.1 Å². The van der Waals surface area contributed by atoms with Crippen molar-refractivity contribution in [1.82, 2.24) is 10.2 Å². The minimum atomic E-state index is -0.305. The third-order valence-corrected chi connectivity index (χ3v) is 5.07. The van der Waals surface area contributed by atoms with Crippen LogP contribution in [0.3, 0.4) is 0 Å². The van der Waals surface area contributed by atoms with Gasteiger partial charge in [0.25, 0.3) is 0 Å². The number of hydrogen-bond acceptors (Lipinski definition) is 4. The van der Waals surface area contributed by atoms with Crippen LogP contribution in [0.5, 0.6) is 0 Å². The topological polar surface area (TPSA) is 58.6 Å². The van der Waals surface area contributed by atoms with Crippen LogP contribution in [0.15, 0.2) is 0 Å². The van der Waals surface area contributed by atoms with E-state index in [9.17, 15) is 9.59 Å². The summed E-state index contributed by atoms with van der Waals surface area (Å²) in [6, 6.07) is 0.370. The van der Waals surface area contributed by atoms with Crippen LogP contribution in [0, 0.1) is 0 Å². The summed E-state index contributed by atoms with van der Waals surface area (Å²) in [7, 11) is 0. The molecule has 1 atom stereocenters. The van der Waals surface area contributed by atoms with Crippen LogP contribution in [0.2, 0.25) is 0 Å². The molecule has 0 aromatic heterocycles. The summed E-state index contributed by atoms with van der Waals surface area (Å²) >= 11 is 0. The summed E-state index contributed by atoms with van der Waals surface area (Å²) in [5.41, 5.74) is -0.305. The van der Waals surface area contributed by atoms with Crippen molar-refractivity contribution >= 4 is 11.9 Å². The second-order valence-corrected chi connectivity index (χ2v) is 6.87. The highest BCUT2D eigenvalue weighted by Gasteiger charge is 2.43. The summed E-state index contributed by atoms with van der Waals surface area (Å²) in [5, 5.41) is 3.17. The fraction of sp³-hybridized carbons (Fsp3) is 0.875. The molecule has 21 heavy (non-hydrogen) atoms. The van der Waals surface area contributed by atoms with E-state index in [4.69, 9.17) is 4.74 Å². The Morgan fingerprint density at radius 1 is 1.24 bits per heavy atom. The van der Waals surface area contributed by atoms with Crippen LogP contribution >= 0.6 is 0 Å². The van der Waals surface area contributed by atoms with Gasteiger partial charge in [0.1, 0.15) is 5.60 Å². The highest BCUT2D eigenvalue weighted by atomic mass is 16.6. The van der Waals surface area contributed by atoms with Gasteiger partial charge in [-0.2, -0.15) is 0 Å². The molecule has 5 nitrogen and oxygen atoms in total. The zero-order valence-electron chi connectivity index (χ0n) is 12.7. The average Bonchev–Trinajstić information content (AvgIpc) is 2.80. The minimum Gasteiger partial charge on any atom is -0.458 e. The van der Waals surface area contributed by atoms with Crippen molar-refractivity contribution in [3.8, 4) is 0 Å². The van der Waals surface area contributed by atoms with E-state index < -0.39 is 0 Å². The Labute approximate surface area is 126 Å². The van der Waals surface area contributed by atoms with Gasteiger partial charge < -0.3 is 10.1 Å². The van der Waals surface area contributed by atoms with E-state index in [2.05, 4.69) is 10.2 Å². The Kier molecular flexibility index (Phi) is 4.48. The standard InChI is InChI=1S/C16H26N2O3/c19-14(17-13-5-2-1-3-6-13)11-18-10-4-8-16(12-18)9-7-15(20)21-16/h13H,1-12H2,(H,17,19)/t16-/m1/s1. The maximum atomic E-state index is 12.2. The average molecular weight is 294 g/mol. The number of carbonyl (C=O) groups is 2. The third-order valence-electron chi connectivity index (χ3n) is 5.07. The number of esters is 1. The second-order valence-electron chi connectivity index (χ2n) is 6.87. The number of rotatable bonds is 3. The molecule has 1 amide bonds. The summed E-state index contributed by atoms with van der Waals surface area (Å²) in [6.07, 6.45) is 9.28. The molecule has 2 heterocycles. The van der Waals surface area contributed by atoms with Crippen LogP contribution in [0.4, 0.5) is 0 Å². The van der Waals surface area contributed by atoms with Crippen molar-refractivity contribution in [2.75, 3.05) is 19.6 Å². The zero-order valence-corrected chi connectivity index (χ0v) is 12.7. The summed E-state index contributed by atoms with van der Waals surface area (Å²) in [4.78, 5) is 25.7. The van der Waals surface area contributed by atoms with Gasteiger partial charge in [-0.1, -0.05) is 19.3 Å². The Morgan fingerprint density at radius 2 is 2.05 bits per heavy atom. The fourth-order valence-corrected chi connectivity index (χ4v) is 4.01. The van der Waals surface area contributed by atoms with Crippen molar-refractivity contribution in [2.24, 2.45) is 0 Å². The van der Waals surface area contributed by atoms with E-state index in [0.29, 0.717) is 19.0 Å². The van der Waals surface area contributed by atoms with E-state index in [-0.39, 0.29) is 17.5 Å². The lowest BCUT2D eigenvalue weighted by molar-refractivity contribution is -0.152. The molecule has 0 unspecified atom stereocenters. The van der Waals surface area contributed by atoms with Gasteiger partial charge in [-0.05, 0) is 38.6 Å². The normalized spacial score (nSPS) is 31.3. The largest absolute Gasteiger partial charge is 0.458 e. The second kappa shape index (κ2) is 6.34. The molecule has 1 aliphatic carbocycles. The third kappa shape index (κ3) is 3.76. The highest BCUT2D eigenvalue weighted by Crippen LogP contribution is 2.34. The number of carbonyl (C=O) groups excluding carboxylic acids is 2. The first-order valence-electron chi connectivity index (χ1n) is 8.39. The summed E-state index contributed by atoms with van der Waals surface area (Å²) in [5.74, 6) is 0.0479. The molecular weight excluding hydrogens is 268 g/mol. The minimum absolute atomic E-state index is 0.0801. The first-order valence-corrected chi connectivity index (χ1v) is 8.39. The fourth-order valence-electron chi connectivity index (χ4n) is 4.01. The predicted molar refractivity (Wildman–Crippen MR) is 78.7 cm³/mol. The van der Waals surface area contributed by atoms with Gasteiger partial charge >= 0.3 is 5.97 Å². The first kappa shape index (κ1) is 14.8. The quantitative estimate of drug-likeness (QED) is 0.803. The number of piperidine rings is 1. The molecule has 1 saturated carbocycles. The lowest BCUT2D eigenvalue weighted by atomic mass is 9.90. The Hall–Kier alpha value is -1.10. The Morgan fingerprint density at radius 3 is 2.76 bits per heavy atom. The SMILES string of the molecule is O=C(CN1CCC[C@@]2(CCC(=O)O2)C1)NC1CCCCC1. The first-order chi connectivity index (χ1) is 10.2. The molecular formula is C16H26N2O3. The van der Waals surface area contributed by atoms with Gasteiger partial charge in [0.15, 0.2) is 0 Å². The molecule has 1 spiro atoms. The number of ether oxygens (including phenoxy) is 1. The molecule has 3 rings (SSSR count). The van der Waals surface area contributed by atoms with E-state index in [1.54, 1.807) is 0 Å². The zero-order chi connectivity index (χ0) is 14.7. The maximum absolute atomic E-state index is 12.2. The Balaban J connectivity index is 1.48.